The van der Waals surface area contributed by atoms with Crippen molar-refractivity contribution in [2.24, 2.45) is 5.92 Å². The van der Waals surface area contributed by atoms with E-state index in [1.165, 1.54) is 154 Å². The van der Waals surface area contributed by atoms with Gasteiger partial charge in [-0.25, -0.2) is 0 Å². The lowest BCUT2D eigenvalue weighted by molar-refractivity contribution is -0.123. The second kappa shape index (κ2) is 34.0. The highest BCUT2D eigenvalue weighted by Crippen LogP contribution is 2.16. The van der Waals surface area contributed by atoms with Crippen LogP contribution in [0.2, 0.25) is 0 Å². The van der Waals surface area contributed by atoms with E-state index in [1.807, 2.05) is 6.08 Å². The lowest BCUT2D eigenvalue weighted by Gasteiger charge is -2.20. The molecular formula is C39H77NO3. The van der Waals surface area contributed by atoms with E-state index < -0.39 is 12.1 Å². The molecule has 0 bridgehead atoms. The third-order valence-corrected chi connectivity index (χ3v) is 8.95. The first-order valence-corrected chi connectivity index (χ1v) is 19.3. The van der Waals surface area contributed by atoms with Crippen molar-refractivity contribution in [3.63, 3.8) is 0 Å². The highest BCUT2D eigenvalue weighted by molar-refractivity contribution is 5.76. The minimum absolute atomic E-state index is 0.0629. The zero-order valence-electron chi connectivity index (χ0n) is 29.4. The van der Waals surface area contributed by atoms with Crippen molar-refractivity contribution >= 4 is 5.91 Å². The molecule has 2 atom stereocenters. The van der Waals surface area contributed by atoms with Crippen LogP contribution in [0.1, 0.15) is 207 Å². The van der Waals surface area contributed by atoms with Gasteiger partial charge in [-0.05, 0) is 25.2 Å². The summed E-state index contributed by atoms with van der Waals surface area (Å²) in [5.41, 5.74) is 0. The number of aliphatic hydroxyl groups excluding tert-OH is 2. The van der Waals surface area contributed by atoms with Crippen molar-refractivity contribution in [2.45, 2.75) is 219 Å². The Morgan fingerprint density at radius 1 is 0.605 bits per heavy atom. The summed E-state index contributed by atoms with van der Waals surface area (Å²) in [5.74, 6) is 0.803. The molecule has 0 fully saturated rings. The van der Waals surface area contributed by atoms with E-state index in [1.54, 1.807) is 6.08 Å². The van der Waals surface area contributed by atoms with Gasteiger partial charge in [-0.3, -0.25) is 4.79 Å². The van der Waals surface area contributed by atoms with E-state index in [2.05, 4.69) is 26.1 Å². The van der Waals surface area contributed by atoms with E-state index in [0.717, 1.165) is 31.6 Å². The third kappa shape index (κ3) is 32.3. The number of carbonyl (C=O) groups excluding carboxylic acids is 1. The van der Waals surface area contributed by atoms with Crippen LogP contribution in [0.5, 0.6) is 0 Å². The van der Waals surface area contributed by atoms with Crippen LogP contribution >= 0.6 is 0 Å². The number of amides is 1. The average Bonchev–Trinajstić information content (AvgIpc) is 2.99. The molecule has 4 nitrogen and oxygen atoms in total. The first-order chi connectivity index (χ1) is 21.0. The lowest BCUT2D eigenvalue weighted by atomic mass is 10.0. The number of allylic oxidation sites excluding steroid dienone is 1. The van der Waals surface area contributed by atoms with Crippen LogP contribution in [0.3, 0.4) is 0 Å². The van der Waals surface area contributed by atoms with Gasteiger partial charge in [0.15, 0.2) is 0 Å². The molecule has 0 aromatic carbocycles. The molecule has 0 aliphatic heterocycles. The highest BCUT2D eigenvalue weighted by Gasteiger charge is 2.17. The number of hydrogen-bond acceptors (Lipinski definition) is 3. The van der Waals surface area contributed by atoms with Gasteiger partial charge in [0.2, 0.25) is 5.91 Å². The summed E-state index contributed by atoms with van der Waals surface area (Å²) in [6, 6.07) is -0.615. The van der Waals surface area contributed by atoms with Crippen molar-refractivity contribution in [2.75, 3.05) is 6.61 Å². The third-order valence-electron chi connectivity index (χ3n) is 8.95. The molecule has 2 unspecified atom stereocenters. The average molecular weight is 608 g/mol. The van der Waals surface area contributed by atoms with Crippen molar-refractivity contribution in [1.29, 1.82) is 0 Å². The van der Waals surface area contributed by atoms with Gasteiger partial charge >= 0.3 is 0 Å². The maximum Gasteiger partial charge on any atom is 0.220 e. The van der Waals surface area contributed by atoms with Crippen LogP contribution in [-0.2, 0) is 4.79 Å². The minimum atomic E-state index is -0.832. The Balaban J connectivity index is 3.53. The predicted molar refractivity (Wildman–Crippen MR) is 189 cm³/mol. The Morgan fingerprint density at radius 3 is 1.42 bits per heavy atom. The zero-order valence-corrected chi connectivity index (χ0v) is 29.4. The van der Waals surface area contributed by atoms with Crippen molar-refractivity contribution in [3.05, 3.63) is 12.2 Å². The van der Waals surface area contributed by atoms with Crippen LogP contribution in [0.4, 0.5) is 0 Å². The summed E-state index contributed by atoms with van der Waals surface area (Å²) < 4.78 is 0. The lowest BCUT2D eigenvalue weighted by Crippen LogP contribution is -2.45. The Kier molecular flexibility index (Phi) is 33.3. The van der Waals surface area contributed by atoms with Crippen molar-refractivity contribution < 1.29 is 15.0 Å². The zero-order chi connectivity index (χ0) is 31.6. The molecule has 0 aliphatic carbocycles. The Bertz CT molecular complexity index is 591. The van der Waals surface area contributed by atoms with Gasteiger partial charge in [-0.15, -0.1) is 0 Å². The summed E-state index contributed by atoms with van der Waals surface area (Å²) in [7, 11) is 0. The number of nitrogens with one attached hydrogen (secondary N) is 1. The second-order valence-corrected chi connectivity index (χ2v) is 13.8. The van der Waals surface area contributed by atoms with Crippen molar-refractivity contribution in [3.8, 4) is 0 Å². The smallest absolute Gasteiger partial charge is 0.220 e. The van der Waals surface area contributed by atoms with E-state index in [9.17, 15) is 15.0 Å². The van der Waals surface area contributed by atoms with Crippen LogP contribution in [0.25, 0.3) is 0 Å². The first kappa shape index (κ1) is 42.1. The Morgan fingerprint density at radius 2 is 1.00 bits per heavy atom. The molecule has 0 heterocycles. The molecule has 0 saturated carbocycles. The SMILES string of the molecule is CCCCCCCCCCCC=CC(O)C(CO)NC(=O)CCCCCCCCCCCCCCCCCCCC(C)C. The molecule has 43 heavy (non-hydrogen) atoms. The minimum Gasteiger partial charge on any atom is -0.394 e. The molecule has 0 radical (unpaired) electrons. The molecule has 1 amide bonds. The van der Waals surface area contributed by atoms with Gasteiger partial charge < -0.3 is 15.5 Å². The topological polar surface area (TPSA) is 69.6 Å². The summed E-state index contributed by atoms with van der Waals surface area (Å²) in [5, 5.41) is 22.9. The van der Waals surface area contributed by atoms with Gasteiger partial charge in [-0.1, -0.05) is 193 Å². The van der Waals surface area contributed by atoms with Crippen LogP contribution in [0, 0.1) is 5.92 Å². The van der Waals surface area contributed by atoms with Gasteiger partial charge in [0.25, 0.3) is 0 Å². The number of aliphatic hydroxyl groups is 2. The molecule has 0 rings (SSSR count). The maximum atomic E-state index is 12.3. The summed E-state index contributed by atoms with van der Waals surface area (Å²) in [4.78, 5) is 12.3. The molecule has 0 spiro atoms. The molecule has 0 saturated heterocycles. The van der Waals surface area contributed by atoms with Gasteiger partial charge in [0, 0.05) is 6.42 Å². The Labute approximate surface area is 269 Å². The largest absolute Gasteiger partial charge is 0.394 e. The van der Waals surface area contributed by atoms with E-state index in [4.69, 9.17) is 0 Å². The summed E-state index contributed by atoms with van der Waals surface area (Å²) >= 11 is 0. The fourth-order valence-corrected chi connectivity index (χ4v) is 5.95. The number of carbonyl (C=O) groups is 1. The van der Waals surface area contributed by atoms with Gasteiger partial charge in [-0.2, -0.15) is 0 Å². The van der Waals surface area contributed by atoms with Crippen LogP contribution in [-0.4, -0.2) is 34.9 Å². The number of unbranched alkanes of at least 4 members (excludes halogenated alkanes) is 25. The van der Waals surface area contributed by atoms with Crippen molar-refractivity contribution in [1.82, 2.24) is 5.32 Å². The fraction of sp³-hybridized carbons (Fsp3) is 0.923. The monoisotopic (exact) mass is 608 g/mol. The molecule has 0 aromatic heterocycles. The molecule has 3 N–H and O–H groups in total. The Hall–Kier alpha value is -0.870. The van der Waals surface area contributed by atoms with E-state index >= 15 is 0 Å². The fourth-order valence-electron chi connectivity index (χ4n) is 5.95. The van der Waals surface area contributed by atoms with Crippen LogP contribution in [0.15, 0.2) is 12.2 Å². The molecule has 256 valence electrons. The first-order valence-electron chi connectivity index (χ1n) is 19.3. The standard InChI is InChI=1S/C39H77NO3/c1-4-5-6-7-8-9-17-21-24-27-30-33-38(42)37(35-41)40-39(43)34-31-28-25-22-19-16-14-12-10-11-13-15-18-20-23-26-29-32-36(2)3/h30,33,36-38,41-42H,4-29,31-32,34-35H2,1-3H3,(H,40,43). The summed E-state index contributed by atoms with van der Waals surface area (Å²) in [6.07, 6.45) is 40.1. The van der Waals surface area contributed by atoms with Gasteiger partial charge in [0.1, 0.15) is 0 Å². The molecule has 0 aliphatic rings. The van der Waals surface area contributed by atoms with E-state index in [-0.39, 0.29) is 12.5 Å². The number of hydrogen-bond donors (Lipinski definition) is 3. The normalized spacial score (nSPS) is 13.3. The second-order valence-electron chi connectivity index (χ2n) is 13.8. The molecule has 0 aromatic rings. The van der Waals surface area contributed by atoms with E-state index in [0.29, 0.717) is 6.42 Å². The van der Waals surface area contributed by atoms with Gasteiger partial charge in [0.05, 0.1) is 18.8 Å². The molecular weight excluding hydrogens is 530 g/mol. The highest BCUT2D eigenvalue weighted by atomic mass is 16.3. The predicted octanol–water partition coefficient (Wildman–Crippen LogP) is 11.4. The van der Waals surface area contributed by atoms with Crippen LogP contribution < -0.4 is 5.32 Å². The molecule has 4 heteroatoms. The quantitative estimate of drug-likeness (QED) is 0.0503. The summed E-state index contributed by atoms with van der Waals surface area (Å²) in [6.45, 7) is 6.67. The number of rotatable bonds is 34. The maximum absolute atomic E-state index is 12.3.